The molecule has 2 aromatic carbocycles. The van der Waals surface area contributed by atoms with Crippen molar-refractivity contribution in [3.63, 3.8) is 0 Å². The second-order valence-electron chi connectivity index (χ2n) is 9.91. The first kappa shape index (κ1) is 27.1. The van der Waals surface area contributed by atoms with Crippen LogP contribution in [-0.2, 0) is 4.57 Å². The molecule has 1 aliphatic rings. The molecule has 2 N–H and O–H groups in total. The highest BCUT2D eigenvalue weighted by atomic mass is 35.5. The van der Waals surface area contributed by atoms with E-state index in [9.17, 15) is 14.4 Å². The molecule has 1 heterocycles. The van der Waals surface area contributed by atoms with Gasteiger partial charge in [0.25, 0.3) is 0 Å². The van der Waals surface area contributed by atoms with Crippen molar-refractivity contribution in [1.82, 2.24) is 0 Å². The number of halogens is 1. The van der Waals surface area contributed by atoms with Crippen molar-refractivity contribution in [2.75, 3.05) is 0 Å². The summed E-state index contributed by atoms with van der Waals surface area (Å²) in [5.74, 6) is 1.28. The zero-order valence-corrected chi connectivity index (χ0v) is 22.6. The first-order chi connectivity index (χ1) is 16.0. The molecule has 34 heavy (non-hydrogen) atoms. The Labute approximate surface area is 208 Å². The highest BCUT2D eigenvalue weighted by Crippen LogP contribution is 2.54. The minimum atomic E-state index is -4.42. The highest BCUT2D eigenvalue weighted by molar-refractivity contribution is 7.52. The van der Waals surface area contributed by atoms with Crippen LogP contribution in [0.4, 0.5) is 0 Å². The average Bonchev–Trinajstić information content (AvgIpc) is 2.74. The van der Waals surface area contributed by atoms with Crippen molar-refractivity contribution in [2.45, 2.75) is 96.4 Å². The zero-order valence-electron chi connectivity index (χ0n) is 20.9. The minimum Gasteiger partial charge on any atom is -0.486 e. The molecule has 0 bridgehead atoms. The number of ether oxygens (including phenoxy) is 2. The van der Waals surface area contributed by atoms with Crippen LogP contribution in [0.1, 0.15) is 85.1 Å². The lowest BCUT2D eigenvalue weighted by Gasteiger charge is -2.42. The van der Waals surface area contributed by atoms with Crippen molar-refractivity contribution in [2.24, 2.45) is 0 Å². The molecule has 1 atom stereocenters. The number of rotatable bonds is 11. The fraction of sp³-hybridized carbons (Fsp3) is 0.556. The average molecular weight is 509 g/mol. The summed E-state index contributed by atoms with van der Waals surface area (Å²) in [5, 5.41) is 2.08. The van der Waals surface area contributed by atoms with Gasteiger partial charge in [-0.2, -0.15) is 0 Å². The van der Waals surface area contributed by atoms with Crippen LogP contribution in [0.2, 0.25) is 5.02 Å². The molecule has 0 amide bonds. The maximum Gasteiger partial charge on any atom is 0.332 e. The molecule has 0 fully saturated rings. The van der Waals surface area contributed by atoms with Gasteiger partial charge in [-0.25, -0.2) is 0 Å². The highest BCUT2D eigenvalue weighted by Gasteiger charge is 2.48. The molecule has 2 aromatic rings. The summed E-state index contributed by atoms with van der Waals surface area (Å²) in [6.45, 7) is 10.1. The smallest absolute Gasteiger partial charge is 0.332 e. The SMILES string of the molecule is CCCCC(C(CCC)(CCC)Oc1cccc2c3c(cc(Cl)c12)C=CC(C)(C)O3)P(=O)(O)O. The van der Waals surface area contributed by atoms with Crippen molar-refractivity contribution in [1.29, 1.82) is 0 Å². The van der Waals surface area contributed by atoms with Crippen LogP contribution in [-0.4, -0.2) is 26.6 Å². The first-order valence-corrected chi connectivity index (χ1v) is 14.4. The van der Waals surface area contributed by atoms with Gasteiger partial charge in [-0.3, -0.25) is 4.57 Å². The Kier molecular flexibility index (Phi) is 8.46. The Balaban J connectivity index is 2.20. The third-order valence-corrected chi connectivity index (χ3v) is 8.43. The number of hydrogen-bond donors (Lipinski definition) is 2. The summed E-state index contributed by atoms with van der Waals surface area (Å²) in [4.78, 5) is 20.9. The summed E-state index contributed by atoms with van der Waals surface area (Å²) in [7, 11) is -4.42. The molecule has 1 aliphatic heterocycles. The van der Waals surface area contributed by atoms with Crippen LogP contribution >= 0.6 is 19.2 Å². The third-order valence-electron chi connectivity index (χ3n) is 6.59. The van der Waals surface area contributed by atoms with Gasteiger partial charge < -0.3 is 19.3 Å². The van der Waals surface area contributed by atoms with E-state index in [1.165, 1.54) is 0 Å². The van der Waals surface area contributed by atoms with E-state index < -0.39 is 24.5 Å². The number of unbranched alkanes of at least 4 members (excludes halogenated alkanes) is 1. The number of benzene rings is 2. The van der Waals surface area contributed by atoms with Gasteiger partial charge in [0, 0.05) is 16.3 Å². The molecule has 7 heteroatoms. The molecular weight excluding hydrogens is 471 g/mol. The molecule has 3 rings (SSSR count). The van der Waals surface area contributed by atoms with E-state index in [1.54, 1.807) is 0 Å². The van der Waals surface area contributed by atoms with Crippen LogP contribution in [0.5, 0.6) is 11.5 Å². The van der Waals surface area contributed by atoms with Gasteiger partial charge in [-0.15, -0.1) is 0 Å². The van der Waals surface area contributed by atoms with Crippen LogP contribution in [0.25, 0.3) is 16.8 Å². The van der Waals surface area contributed by atoms with E-state index in [1.807, 2.05) is 71.0 Å². The second kappa shape index (κ2) is 10.6. The fourth-order valence-corrected chi connectivity index (χ4v) is 6.89. The van der Waals surface area contributed by atoms with Crippen molar-refractivity contribution < 1.29 is 23.8 Å². The van der Waals surface area contributed by atoms with Gasteiger partial charge >= 0.3 is 7.60 Å². The molecule has 0 aromatic heterocycles. The van der Waals surface area contributed by atoms with Crippen LogP contribution in [0.3, 0.4) is 0 Å². The fourth-order valence-electron chi connectivity index (χ4n) is 5.14. The Hall–Kier alpha value is -1.52. The molecule has 0 saturated carbocycles. The molecule has 0 radical (unpaired) electrons. The molecule has 0 spiro atoms. The third kappa shape index (κ3) is 5.65. The summed E-state index contributed by atoms with van der Waals surface area (Å²) in [6.07, 6.45) is 8.62. The lowest BCUT2D eigenvalue weighted by Crippen LogP contribution is -2.47. The predicted molar refractivity (Wildman–Crippen MR) is 141 cm³/mol. The van der Waals surface area contributed by atoms with Crippen LogP contribution < -0.4 is 9.47 Å². The van der Waals surface area contributed by atoms with E-state index in [4.69, 9.17) is 21.1 Å². The zero-order chi connectivity index (χ0) is 25.1. The Morgan fingerprint density at radius 3 is 2.41 bits per heavy atom. The van der Waals surface area contributed by atoms with E-state index >= 15 is 0 Å². The van der Waals surface area contributed by atoms with Gasteiger partial charge in [0.1, 0.15) is 28.4 Å². The summed E-state index contributed by atoms with van der Waals surface area (Å²) in [5.41, 5.74) is -1.43. The van der Waals surface area contributed by atoms with E-state index in [0.29, 0.717) is 35.4 Å². The predicted octanol–water partition coefficient (Wildman–Crippen LogP) is 8.13. The molecule has 188 valence electrons. The largest absolute Gasteiger partial charge is 0.486 e. The van der Waals surface area contributed by atoms with E-state index in [0.717, 1.165) is 42.4 Å². The molecule has 1 unspecified atom stereocenters. The monoisotopic (exact) mass is 508 g/mol. The minimum absolute atomic E-state index is 0.413. The molecule has 0 aliphatic carbocycles. The van der Waals surface area contributed by atoms with Gasteiger partial charge in [0.05, 0.1) is 5.02 Å². The lowest BCUT2D eigenvalue weighted by atomic mass is 9.86. The topological polar surface area (TPSA) is 76.0 Å². The van der Waals surface area contributed by atoms with Crippen LogP contribution in [0.15, 0.2) is 30.3 Å². The van der Waals surface area contributed by atoms with Crippen molar-refractivity contribution >= 4 is 36.0 Å². The standard InChI is InChI=1S/C27H38ClO5P/c1-6-9-13-23(34(29,30)31)27(15-7-2,16-8-3)32-22-12-10-11-20-24(22)21(28)18-19-14-17-26(4,5)33-25(19)20/h10-12,14,17-18,23H,6-9,13,15-16H2,1-5H3,(H2,29,30,31). The maximum atomic E-state index is 12.8. The lowest BCUT2D eigenvalue weighted by molar-refractivity contribution is 0.0351. The first-order valence-electron chi connectivity index (χ1n) is 12.4. The summed E-state index contributed by atoms with van der Waals surface area (Å²) in [6, 6.07) is 7.57. The maximum absolute atomic E-state index is 12.8. The molecule has 0 saturated heterocycles. The number of hydrogen-bond acceptors (Lipinski definition) is 3. The van der Waals surface area contributed by atoms with Crippen molar-refractivity contribution in [3.05, 3.63) is 40.9 Å². The number of fused-ring (bicyclic) bond motifs is 3. The van der Waals surface area contributed by atoms with E-state index in [2.05, 4.69) is 0 Å². The molecular formula is C27H38ClO5P. The van der Waals surface area contributed by atoms with Crippen LogP contribution in [0, 0.1) is 0 Å². The summed E-state index contributed by atoms with van der Waals surface area (Å²) >= 11 is 6.78. The van der Waals surface area contributed by atoms with E-state index in [-0.39, 0.29) is 0 Å². The molecule has 5 nitrogen and oxygen atoms in total. The Bertz CT molecular complexity index is 1080. The van der Waals surface area contributed by atoms with Gasteiger partial charge in [0.15, 0.2) is 0 Å². The second-order valence-corrected chi connectivity index (χ2v) is 12.1. The summed E-state index contributed by atoms with van der Waals surface area (Å²) < 4.78 is 25.8. The van der Waals surface area contributed by atoms with Gasteiger partial charge in [-0.1, -0.05) is 76.3 Å². The van der Waals surface area contributed by atoms with Crippen molar-refractivity contribution in [3.8, 4) is 11.5 Å². The van der Waals surface area contributed by atoms with Gasteiger partial charge in [0.2, 0.25) is 0 Å². The quantitative estimate of drug-likeness (QED) is 0.299. The Morgan fingerprint density at radius 1 is 1.15 bits per heavy atom. The Morgan fingerprint density at radius 2 is 1.82 bits per heavy atom. The normalized spacial score (nSPS) is 16.2. The van der Waals surface area contributed by atoms with Gasteiger partial charge in [-0.05, 0) is 51.3 Å².